The first-order valence-electron chi connectivity index (χ1n) is 4.16. The molecule has 0 radical (unpaired) electrons. The third-order valence-electron chi connectivity index (χ3n) is 2.17. The Morgan fingerprint density at radius 2 is 2.00 bits per heavy atom. The lowest BCUT2D eigenvalue weighted by Crippen LogP contribution is -1.97. The van der Waals surface area contributed by atoms with Crippen LogP contribution in [0.5, 0.6) is 5.75 Å². The predicted molar refractivity (Wildman–Crippen MR) is 53.4 cm³/mol. The molecule has 0 aliphatic heterocycles. The van der Waals surface area contributed by atoms with Crippen LogP contribution in [0.15, 0.2) is 6.07 Å². The highest BCUT2D eigenvalue weighted by atomic mass is 35.5. The molecule has 0 bridgehead atoms. The topological polar surface area (TPSA) is 40.5 Å². The van der Waals surface area contributed by atoms with Gasteiger partial charge >= 0.3 is 0 Å². The van der Waals surface area contributed by atoms with Crippen LogP contribution in [0.2, 0.25) is 5.02 Å². The van der Waals surface area contributed by atoms with Crippen molar-refractivity contribution in [2.24, 2.45) is 0 Å². The summed E-state index contributed by atoms with van der Waals surface area (Å²) in [5, 5.41) is 19.0. The first-order chi connectivity index (χ1) is 6.07. The maximum atomic E-state index is 9.60. The number of hydrogen-bond donors (Lipinski definition) is 2. The van der Waals surface area contributed by atoms with Gasteiger partial charge in [-0.05, 0) is 43.0 Å². The molecule has 0 aromatic heterocycles. The average Bonchev–Trinajstić information content (AvgIpc) is 2.09. The first kappa shape index (κ1) is 10.4. The van der Waals surface area contributed by atoms with Crippen molar-refractivity contribution in [3.05, 3.63) is 27.8 Å². The van der Waals surface area contributed by atoms with Crippen molar-refractivity contribution in [1.82, 2.24) is 0 Å². The number of aryl methyl sites for hydroxylation is 1. The molecule has 3 heteroatoms. The number of hydrogen-bond acceptors (Lipinski definition) is 2. The van der Waals surface area contributed by atoms with Gasteiger partial charge < -0.3 is 10.2 Å². The number of halogens is 1. The lowest BCUT2D eigenvalue weighted by Gasteiger charge is -2.11. The van der Waals surface area contributed by atoms with Crippen molar-refractivity contribution in [2.45, 2.75) is 20.3 Å². The van der Waals surface area contributed by atoms with Gasteiger partial charge in [-0.25, -0.2) is 0 Å². The summed E-state index contributed by atoms with van der Waals surface area (Å²) in [5.74, 6) is 0.271. The van der Waals surface area contributed by atoms with E-state index in [2.05, 4.69) is 0 Å². The highest BCUT2D eigenvalue weighted by molar-refractivity contribution is 6.31. The Balaban J connectivity index is 3.26. The normalized spacial score (nSPS) is 10.5. The van der Waals surface area contributed by atoms with Crippen LogP contribution in [-0.2, 0) is 6.42 Å². The van der Waals surface area contributed by atoms with E-state index in [1.165, 1.54) is 0 Å². The second-order valence-electron chi connectivity index (χ2n) is 3.10. The van der Waals surface area contributed by atoms with Crippen molar-refractivity contribution in [2.75, 3.05) is 6.61 Å². The van der Waals surface area contributed by atoms with Gasteiger partial charge in [0.05, 0.1) is 0 Å². The minimum absolute atomic E-state index is 0.0447. The Hall–Kier alpha value is -0.730. The highest BCUT2D eigenvalue weighted by Crippen LogP contribution is 2.30. The summed E-state index contributed by atoms with van der Waals surface area (Å²) in [7, 11) is 0. The largest absolute Gasteiger partial charge is 0.507 e. The van der Waals surface area contributed by atoms with E-state index >= 15 is 0 Å². The monoisotopic (exact) mass is 200 g/mol. The van der Waals surface area contributed by atoms with Crippen LogP contribution >= 0.6 is 11.6 Å². The Morgan fingerprint density at radius 1 is 1.38 bits per heavy atom. The van der Waals surface area contributed by atoms with Crippen LogP contribution in [0.1, 0.15) is 16.7 Å². The number of phenolic OH excluding ortho intramolecular Hbond substituents is 1. The summed E-state index contributed by atoms with van der Waals surface area (Å²) < 4.78 is 0. The Bertz CT molecular complexity index is 321. The molecule has 1 aromatic rings. The van der Waals surface area contributed by atoms with Crippen LogP contribution in [0.3, 0.4) is 0 Å². The summed E-state index contributed by atoms with van der Waals surface area (Å²) in [6.45, 7) is 3.65. The molecule has 13 heavy (non-hydrogen) atoms. The standard InChI is InChI=1S/C10H13ClO2/c1-6-5-9(11)8(3-4-12)7(2)10(6)13/h5,12-13H,3-4H2,1-2H3. The van der Waals surface area contributed by atoms with E-state index in [0.29, 0.717) is 11.4 Å². The van der Waals surface area contributed by atoms with Gasteiger partial charge in [-0.2, -0.15) is 0 Å². The van der Waals surface area contributed by atoms with Crippen molar-refractivity contribution in [3.8, 4) is 5.75 Å². The second kappa shape index (κ2) is 3.99. The smallest absolute Gasteiger partial charge is 0.121 e. The number of aliphatic hydroxyl groups excluding tert-OH is 1. The van der Waals surface area contributed by atoms with Gasteiger partial charge in [0, 0.05) is 11.6 Å². The van der Waals surface area contributed by atoms with Gasteiger partial charge in [0.15, 0.2) is 0 Å². The summed E-state index contributed by atoms with van der Waals surface area (Å²) in [4.78, 5) is 0. The molecular formula is C10H13ClO2. The van der Waals surface area contributed by atoms with Crippen LogP contribution < -0.4 is 0 Å². The molecule has 0 amide bonds. The maximum absolute atomic E-state index is 9.60. The molecule has 2 N–H and O–H groups in total. The van der Waals surface area contributed by atoms with Gasteiger partial charge in [0.2, 0.25) is 0 Å². The maximum Gasteiger partial charge on any atom is 0.121 e. The Labute approximate surface area is 82.8 Å². The predicted octanol–water partition coefficient (Wildman–Crippen LogP) is 2.20. The Morgan fingerprint density at radius 3 is 2.54 bits per heavy atom. The quantitative estimate of drug-likeness (QED) is 0.769. The number of rotatable bonds is 2. The van der Waals surface area contributed by atoms with Gasteiger partial charge in [0.25, 0.3) is 0 Å². The third kappa shape index (κ3) is 1.95. The average molecular weight is 201 g/mol. The molecule has 72 valence electrons. The molecule has 0 saturated carbocycles. The third-order valence-corrected chi connectivity index (χ3v) is 2.51. The second-order valence-corrected chi connectivity index (χ2v) is 3.51. The molecule has 1 rings (SSSR count). The van der Waals surface area contributed by atoms with Crippen LogP contribution in [0, 0.1) is 13.8 Å². The van der Waals surface area contributed by atoms with E-state index in [-0.39, 0.29) is 12.4 Å². The zero-order valence-electron chi connectivity index (χ0n) is 7.76. The zero-order chi connectivity index (χ0) is 10.0. The van der Waals surface area contributed by atoms with Gasteiger partial charge in [-0.3, -0.25) is 0 Å². The SMILES string of the molecule is Cc1cc(Cl)c(CCO)c(C)c1O. The Kier molecular flexibility index (Phi) is 3.17. The highest BCUT2D eigenvalue weighted by Gasteiger charge is 2.10. The van der Waals surface area contributed by atoms with E-state index in [9.17, 15) is 5.11 Å². The number of benzene rings is 1. The molecule has 0 aliphatic rings. The fourth-order valence-corrected chi connectivity index (χ4v) is 1.78. The molecule has 0 unspecified atom stereocenters. The molecular weight excluding hydrogens is 188 g/mol. The van der Waals surface area contributed by atoms with Crippen molar-refractivity contribution in [1.29, 1.82) is 0 Å². The van der Waals surface area contributed by atoms with Gasteiger partial charge in [-0.15, -0.1) is 0 Å². The van der Waals surface area contributed by atoms with E-state index in [1.807, 2.05) is 0 Å². The summed E-state index contributed by atoms with van der Waals surface area (Å²) >= 11 is 5.96. The van der Waals surface area contributed by atoms with E-state index in [1.54, 1.807) is 19.9 Å². The van der Waals surface area contributed by atoms with Crippen LogP contribution in [0.25, 0.3) is 0 Å². The number of aromatic hydroxyl groups is 1. The summed E-state index contributed by atoms with van der Waals surface area (Å²) in [6.07, 6.45) is 0.485. The van der Waals surface area contributed by atoms with E-state index in [4.69, 9.17) is 16.7 Å². The van der Waals surface area contributed by atoms with Gasteiger partial charge in [-0.1, -0.05) is 11.6 Å². The van der Waals surface area contributed by atoms with Crippen molar-refractivity contribution >= 4 is 11.6 Å². The molecule has 0 saturated heterocycles. The number of aliphatic hydroxyl groups is 1. The fourth-order valence-electron chi connectivity index (χ4n) is 1.38. The van der Waals surface area contributed by atoms with Crippen LogP contribution in [0.4, 0.5) is 0 Å². The zero-order valence-corrected chi connectivity index (χ0v) is 8.52. The van der Waals surface area contributed by atoms with E-state index < -0.39 is 0 Å². The van der Waals surface area contributed by atoms with Crippen LogP contribution in [-0.4, -0.2) is 16.8 Å². The molecule has 0 fully saturated rings. The molecule has 1 aromatic carbocycles. The molecule has 0 heterocycles. The number of phenols is 1. The lowest BCUT2D eigenvalue weighted by molar-refractivity contribution is 0.299. The van der Waals surface area contributed by atoms with Crippen molar-refractivity contribution < 1.29 is 10.2 Å². The molecule has 0 spiro atoms. The molecule has 0 aliphatic carbocycles. The molecule has 2 nitrogen and oxygen atoms in total. The first-order valence-corrected chi connectivity index (χ1v) is 4.54. The minimum Gasteiger partial charge on any atom is -0.507 e. The molecule has 0 atom stereocenters. The lowest BCUT2D eigenvalue weighted by atomic mass is 10.0. The summed E-state index contributed by atoms with van der Waals surface area (Å²) in [6, 6.07) is 1.72. The minimum atomic E-state index is 0.0447. The fraction of sp³-hybridized carbons (Fsp3) is 0.400. The summed E-state index contributed by atoms with van der Waals surface area (Å²) in [5.41, 5.74) is 2.36. The van der Waals surface area contributed by atoms with Crippen molar-refractivity contribution in [3.63, 3.8) is 0 Å². The van der Waals surface area contributed by atoms with E-state index in [0.717, 1.165) is 16.7 Å². The van der Waals surface area contributed by atoms with Gasteiger partial charge in [0.1, 0.15) is 5.75 Å².